The average Bonchev–Trinajstić information content (AvgIpc) is 2.59. The summed E-state index contributed by atoms with van der Waals surface area (Å²) >= 11 is 2.95. The summed E-state index contributed by atoms with van der Waals surface area (Å²) in [6.07, 6.45) is 3.00. The molecule has 1 aromatic carbocycles. The molecule has 1 atom stereocenters. The van der Waals surface area contributed by atoms with Crippen molar-refractivity contribution >= 4 is 43.1 Å². The van der Waals surface area contributed by atoms with Crippen LogP contribution in [0.25, 0.3) is 0 Å². The van der Waals surface area contributed by atoms with Crippen LogP contribution in [0.1, 0.15) is 24.8 Å². The monoisotopic (exact) mass is 425 g/mol. The number of hydrogen-bond donors (Lipinski definition) is 0. The van der Waals surface area contributed by atoms with Gasteiger partial charge in [0.05, 0.1) is 0 Å². The Balaban J connectivity index is 1.77. The number of nitrogens with zero attached hydrogens (tertiary/aromatic N) is 3. The molecule has 0 radical (unpaired) electrons. The second-order valence-electron chi connectivity index (χ2n) is 5.80. The molecule has 5 nitrogen and oxygen atoms in total. The van der Waals surface area contributed by atoms with Crippen LogP contribution in [-0.4, -0.2) is 52.9 Å². The number of aryl methyl sites for hydroxylation is 1. The Bertz CT molecular complexity index is 820. The van der Waals surface area contributed by atoms with Gasteiger partial charge in [-0.3, -0.25) is 0 Å². The first-order valence-corrected chi connectivity index (χ1v) is 11.3. The quantitative estimate of drug-likeness (QED) is 0.693. The van der Waals surface area contributed by atoms with E-state index in [2.05, 4.69) is 10.2 Å². The van der Waals surface area contributed by atoms with E-state index < -0.39 is 10.0 Å². The van der Waals surface area contributed by atoms with E-state index in [9.17, 15) is 8.42 Å². The summed E-state index contributed by atoms with van der Waals surface area (Å²) in [7, 11) is -3.37. The molecule has 0 amide bonds. The van der Waals surface area contributed by atoms with E-state index >= 15 is 0 Å². The van der Waals surface area contributed by atoms with Gasteiger partial charge in [-0.2, -0.15) is 0 Å². The Morgan fingerprint density at radius 2 is 1.75 bits per heavy atom. The molecule has 8 heteroatoms. The van der Waals surface area contributed by atoms with Crippen molar-refractivity contribution < 1.29 is 8.42 Å². The SMILES string of the molecule is Cc1cc([AsH2])nnc1Sc1ccc(S(=O)(=O)N2CCCCC2)cc1. The number of hydrogen-bond acceptors (Lipinski definition) is 5. The topological polar surface area (TPSA) is 63.2 Å². The normalized spacial score (nSPS) is 16.2. The molecule has 1 saturated heterocycles. The second kappa shape index (κ2) is 7.56. The van der Waals surface area contributed by atoms with Crippen LogP contribution in [0.15, 0.2) is 45.1 Å². The molecule has 0 aliphatic carbocycles. The van der Waals surface area contributed by atoms with Crippen LogP contribution >= 0.6 is 11.8 Å². The maximum absolute atomic E-state index is 12.6. The molecule has 24 heavy (non-hydrogen) atoms. The van der Waals surface area contributed by atoms with Crippen molar-refractivity contribution in [2.45, 2.75) is 41.0 Å². The molecule has 2 heterocycles. The fraction of sp³-hybridized carbons (Fsp3) is 0.375. The van der Waals surface area contributed by atoms with Crippen LogP contribution < -0.4 is 4.48 Å². The van der Waals surface area contributed by atoms with Gasteiger partial charge in [-0.25, -0.2) is 0 Å². The third-order valence-corrected chi connectivity index (χ3v) is 7.56. The van der Waals surface area contributed by atoms with E-state index in [-0.39, 0.29) is 0 Å². The molecule has 1 aromatic heterocycles. The minimum absolute atomic E-state index is 0.364. The summed E-state index contributed by atoms with van der Waals surface area (Å²) in [6.45, 7) is 3.26. The molecule has 1 unspecified atom stereocenters. The number of sulfonamides is 1. The summed E-state index contributed by atoms with van der Waals surface area (Å²) < 4.78 is 27.8. The predicted octanol–water partition coefficient (Wildman–Crippen LogP) is 1.37. The van der Waals surface area contributed by atoms with E-state index in [1.54, 1.807) is 16.4 Å². The van der Waals surface area contributed by atoms with Crippen LogP contribution in [-0.2, 0) is 10.0 Å². The van der Waals surface area contributed by atoms with E-state index in [0.29, 0.717) is 18.0 Å². The Morgan fingerprint density at radius 3 is 2.38 bits per heavy atom. The summed E-state index contributed by atoms with van der Waals surface area (Å²) in [5, 5.41) is 9.18. The molecule has 1 aliphatic heterocycles. The van der Waals surface area contributed by atoms with Crippen molar-refractivity contribution in [3.05, 3.63) is 35.9 Å². The van der Waals surface area contributed by atoms with Gasteiger partial charge < -0.3 is 0 Å². The van der Waals surface area contributed by atoms with Crippen LogP contribution in [0.5, 0.6) is 0 Å². The van der Waals surface area contributed by atoms with Gasteiger partial charge in [-0.1, -0.05) is 6.42 Å². The Hall–Kier alpha value is -0.882. The molecule has 0 N–H and O–H groups in total. The van der Waals surface area contributed by atoms with Crippen molar-refractivity contribution in [3.63, 3.8) is 0 Å². The summed E-state index contributed by atoms with van der Waals surface area (Å²) in [6, 6.07) is 9.07. The minimum atomic E-state index is -3.37. The third-order valence-electron chi connectivity index (χ3n) is 3.95. The van der Waals surface area contributed by atoms with Gasteiger partial charge in [0.1, 0.15) is 0 Å². The molecular weight excluding hydrogens is 405 g/mol. The van der Waals surface area contributed by atoms with Crippen LogP contribution in [0.3, 0.4) is 0 Å². The van der Waals surface area contributed by atoms with Crippen molar-refractivity contribution in [1.82, 2.24) is 14.5 Å². The average molecular weight is 425 g/mol. The molecule has 1 aliphatic rings. The first-order valence-electron chi connectivity index (χ1n) is 7.85. The third kappa shape index (κ3) is 4.02. The first kappa shape index (κ1) is 17.9. The van der Waals surface area contributed by atoms with Gasteiger partial charge in [0, 0.05) is 0 Å². The van der Waals surface area contributed by atoms with E-state index in [4.69, 9.17) is 0 Å². The molecule has 3 rings (SSSR count). The number of aromatic nitrogens is 2. The fourth-order valence-electron chi connectivity index (χ4n) is 2.64. The maximum atomic E-state index is 12.6. The van der Waals surface area contributed by atoms with Crippen molar-refractivity contribution in [2.24, 2.45) is 0 Å². The summed E-state index contributed by atoms with van der Waals surface area (Å²) in [4.78, 5) is 1.32. The van der Waals surface area contributed by atoms with Gasteiger partial charge in [0.2, 0.25) is 0 Å². The molecule has 1 fully saturated rings. The van der Waals surface area contributed by atoms with Crippen molar-refractivity contribution in [2.75, 3.05) is 13.1 Å². The van der Waals surface area contributed by atoms with Gasteiger partial charge in [0.15, 0.2) is 0 Å². The van der Waals surface area contributed by atoms with E-state index in [1.807, 2.05) is 25.1 Å². The molecule has 2 aromatic rings. The molecule has 0 saturated carbocycles. The summed E-state index contributed by atoms with van der Waals surface area (Å²) in [5.74, 6) is 0. The number of piperidine rings is 1. The standard InChI is InChI=1S/C16H20AsN3O2S2/c1-12-11-15(17)18-19-16(12)23-13-5-7-14(8-6-13)24(21,22)20-9-3-2-4-10-20/h5-8,11H,2-4,9-10,17H2,1H3. The van der Waals surface area contributed by atoms with E-state index in [0.717, 1.165) is 39.2 Å². The van der Waals surface area contributed by atoms with Crippen LogP contribution in [0.2, 0.25) is 0 Å². The zero-order chi connectivity index (χ0) is 17.2. The second-order valence-corrected chi connectivity index (χ2v) is 10.0. The predicted molar refractivity (Wildman–Crippen MR) is 98.1 cm³/mol. The van der Waals surface area contributed by atoms with Crippen molar-refractivity contribution in [3.8, 4) is 0 Å². The van der Waals surface area contributed by atoms with Gasteiger partial charge >= 0.3 is 137 Å². The Kier molecular flexibility index (Phi) is 5.65. The van der Waals surface area contributed by atoms with Gasteiger partial charge in [0.25, 0.3) is 0 Å². The summed E-state index contributed by atoms with van der Waals surface area (Å²) in [5.41, 5.74) is 1.08. The number of benzene rings is 1. The van der Waals surface area contributed by atoms with Crippen LogP contribution in [0.4, 0.5) is 0 Å². The Morgan fingerprint density at radius 1 is 1.08 bits per heavy atom. The fourth-order valence-corrected chi connectivity index (χ4v) is 5.60. The molecule has 0 spiro atoms. The molecule has 128 valence electrons. The zero-order valence-corrected chi connectivity index (χ0v) is 17.5. The van der Waals surface area contributed by atoms with Gasteiger partial charge in [-0.05, 0) is 12.8 Å². The molecular formula is C16H20AsN3O2S2. The van der Waals surface area contributed by atoms with Crippen molar-refractivity contribution in [1.29, 1.82) is 0 Å². The zero-order valence-electron chi connectivity index (χ0n) is 13.5. The molecule has 0 bridgehead atoms. The Labute approximate surface area is 155 Å². The van der Waals surface area contributed by atoms with Gasteiger partial charge in [-0.15, -0.1) is 0 Å². The first-order chi connectivity index (χ1) is 11.5. The van der Waals surface area contributed by atoms with Crippen LogP contribution in [0, 0.1) is 6.92 Å². The number of rotatable bonds is 4. The van der Waals surface area contributed by atoms with E-state index in [1.165, 1.54) is 28.6 Å².